The van der Waals surface area contributed by atoms with Gasteiger partial charge in [0.2, 0.25) is 0 Å². The number of amides is 2. The van der Waals surface area contributed by atoms with Crippen LogP contribution >= 0.6 is 0 Å². The van der Waals surface area contributed by atoms with Crippen molar-refractivity contribution >= 4 is 34.2 Å². The summed E-state index contributed by atoms with van der Waals surface area (Å²) in [6, 6.07) is 18.1. The maximum absolute atomic E-state index is 12.9. The quantitative estimate of drug-likeness (QED) is 0.0378. The van der Waals surface area contributed by atoms with Gasteiger partial charge in [-0.2, -0.15) is 0 Å². The van der Waals surface area contributed by atoms with Gasteiger partial charge in [0.15, 0.2) is 0 Å². The number of hydrogen-bond donors (Lipinski definition) is 13. The monoisotopic (exact) mass is 837 g/mol. The largest absolute Gasteiger partial charge is 0.394 e. The van der Waals surface area contributed by atoms with Crippen molar-refractivity contribution in [1.29, 1.82) is 0 Å². The molecule has 0 radical (unpaired) electrons. The van der Waals surface area contributed by atoms with Crippen LogP contribution in [-0.2, 0) is 6.42 Å². The molecule has 2 amide bonds. The molecule has 0 fully saturated rings. The first kappa shape index (κ1) is 46.3. The van der Waals surface area contributed by atoms with Gasteiger partial charge in [-0.25, -0.2) is 4.98 Å². The van der Waals surface area contributed by atoms with Crippen LogP contribution in [0.1, 0.15) is 31.8 Å². The molecule has 0 bridgehead atoms. The number of carbonyl (C=O) groups excluding carboxylic acids is 2. The number of imidazole rings is 1. The molecule has 19 nitrogen and oxygen atoms in total. The van der Waals surface area contributed by atoms with Gasteiger partial charge in [-0.1, -0.05) is 24.3 Å². The van der Waals surface area contributed by atoms with Crippen LogP contribution in [0.4, 0.5) is 5.69 Å². The van der Waals surface area contributed by atoms with Crippen molar-refractivity contribution in [3.8, 4) is 11.4 Å². The average molecular weight is 838 g/mol. The molecule has 0 saturated heterocycles. The molecule has 2 heterocycles. The number of nitrogens with one attached hydrogen (secondary N) is 3. The second-order valence-corrected chi connectivity index (χ2v) is 15.1. The van der Waals surface area contributed by atoms with Gasteiger partial charge in [0, 0.05) is 62.4 Å². The summed E-state index contributed by atoms with van der Waals surface area (Å²) in [7, 11) is 3.32. The fourth-order valence-electron chi connectivity index (χ4n) is 6.71. The summed E-state index contributed by atoms with van der Waals surface area (Å²) in [6.07, 6.45) is -12.2. The van der Waals surface area contributed by atoms with Crippen LogP contribution < -0.4 is 10.6 Å². The van der Waals surface area contributed by atoms with E-state index in [2.05, 4.69) is 20.6 Å². The van der Waals surface area contributed by atoms with Crippen molar-refractivity contribution in [3.63, 3.8) is 0 Å². The molecule has 4 aromatic rings. The first-order valence-corrected chi connectivity index (χ1v) is 19.5. The highest BCUT2D eigenvalue weighted by Gasteiger charge is 2.32. The Balaban J connectivity index is 1.09. The summed E-state index contributed by atoms with van der Waals surface area (Å²) < 4.78 is 0. The number of nitrogens with zero attached hydrogens (tertiary/aromatic N) is 4. The zero-order valence-electron chi connectivity index (χ0n) is 33.3. The first-order valence-electron chi connectivity index (χ1n) is 19.5. The summed E-state index contributed by atoms with van der Waals surface area (Å²) >= 11 is 0. The lowest BCUT2D eigenvalue weighted by molar-refractivity contribution is -0.118. The minimum absolute atomic E-state index is 0.0483. The number of benzene rings is 3. The number of fused-ring (bicyclic) bond motifs is 2. The predicted octanol–water partition coefficient (Wildman–Crippen LogP) is -2.90. The van der Waals surface area contributed by atoms with E-state index >= 15 is 0 Å². The molecule has 1 aromatic heterocycles. The maximum atomic E-state index is 12.9. The van der Waals surface area contributed by atoms with Crippen LogP contribution in [0.2, 0.25) is 0 Å². The Kier molecular flexibility index (Phi) is 16.3. The third-order valence-corrected chi connectivity index (χ3v) is 10.4. The molecule has 0 aliphatic carbocycles. The molecule has 19 heteroatoms. The Hall–Kier alpha value is -4.74. The molecule has 8 atom stereocenters. The standard InChI is InChI=1S/C41H55N7O12/c1-47(18-31(51)35(55)37(57)33(53)20-49)13-11-42-40(59)24-7-9-27-26(15-24)17-29(44-27)22-3-5-23(6-4-22)39-45-28-10-8-25(16-30(28)46-39)41(60)43-12-14-48(2)19-32(52)36(56)38(58)34(54)21-50/h3-10,15-16,31-38,49-58H,11-14,17-21H2,1-2H3,(H,42,59)(H,43,60)(H,45,46)/t31-,32-,33+,34+,35+,36+,37+,38+/m0/s1. The Labute approximate surface area is 345 Å². The third kappa shape index (κ3) is 11.8. The molecule has 3 aromatic carbocycles. The summed E-state index contributed by atoms with van der Waals surface area (Å²) in [5.74, 6) is -0.00745. The van der Waals surface area contributed by atoms with E-state index in [4.69, 9.17) is 15.2 Å². The number of carbonyl (C=O) groups is 2. The van der Waals surface area contributed by atoms with Crippen molar-refractivity contribution in [3.05, 3.63) is 82.9 Å². The molecule has 5 rings (SSSR count). The molecule has 326 valence electrons. The van der Waals surface area contributed by atoms with Gasteiger partial charge in [-0.05, 0) is 61.6 Å². The normalized spacial score (nSPS) is 16.8. The van der Waals surface area contributed by atoms with Crippen molar-refractivity contribution < 1.29 is 60.7 Å². The van der Waals surface area contributed by atoms with Crippen LogP contribution in [0.3, 0.4) is 0 Å². The highest BCUT2D eigenvalue weighted by Crippen LogP contribution is 2.31. The van der Waals surface area contributed by atoms with E-state index in [0.29, 0.717) is 47.5 Å². The van der Waals surface area contributed by atoms with Gasteiger partial charge in [-0.3, -0.25) is 14.6 Å². The van der Waals surface area contributed by atoms with Crippen LogP contribution in [0, 0.1) is 0 Å². The zero-order valence-corrected chi connectivity index (χ0v) is 33.3. The van der Waals surface area contributed by atoms with Crippen LogP contribution in [0.25, 0.3) is 22.4 Å². The van der Waals surface area contributed by atoms with Gasteiger partial charge < -0.3 is 76.5 Å². The molecule has 0 unspecified atom stereocenters. The first-order chi connectivity index (χ1) is 28.6. The fraction of sp³-hybridized carbons (Fsp3) is 0.463. The van der Waals surface area contributed by atoms with E-state index in [9.17, 15) is 50.4 Å². The summed E-state index contributed by atoms with van der Waals surface area (Å²) in [5.41, 5.74) is 6.42. The predicted molar refractivity (Wildman–Crippen MR) is 220 cm³/mol. The van der Waals surface area contributed by atoms with Crippen molar-refractivity contribution in [2.24, 2.45) is 4.99 Å². The molecular formula is C41H55N7O12. The highest BCUT2D eigenvalue weighted by atomic mass is 16.4. The van der Waals surface area contributed by atoms with Gasteiger partial charge in [0.25, 0.3) is 11.8 Å². The maximum Gasteiger partial charge on any atom is 0.251 e. The van der Waals surface area contributed by atoms with Crippen LogP contribution in [0.5, 0.6) is 0 Å². The van der Waals surface area contributed by atoms with Gasteiger partial charge in [0.05, 0.1) is 47.9 Å². The molecule has 1 aliphatic rings. The number of hydrogen-bond acceptors (Lipinski definition) is 16. The van der Waals surface area contributed by atoms with E-state index < -0.39 is 62.0 Å². The Morgan fingerprint density at radius 3 is 1.68 bits per heavy atom. The summed E-state index contributed by atoms with van der Waals surface area (Å²) in [5, 5.41) is 103. The highest BCUT2D eigenvalue weighted by molar-refractivity contribution is 6.07. The number of aliphatic hydroxyl groups excluding tert-OH is 10. The average Bonchev–Trinajstić information content (AvgIpc) is 3.88. The second kappa shape index (κ2) is 21.2. The fourth-order valence-corrected chi connectivity index (χ4v) is 6.71. The third-order valence-electron chi connectivity index (χ3n) is 10.4. The molecule has 60 heavy (non-hydrogen) atoms. The Morgan fingerprint density at radius 1 is 0.667 bits per heavy atom. The number of aliphatic hydroxyl groups is 10. The molecular weight excluding hydrogens is 782 g/mol. The van der Waals surface area contributed by atoms with E-state index in [1.54, 1.807) is 60.3 Å². The van der Waals surface area contributed by atoms with Crippen molar-refractivity contribution in [2.45, 2.75) is 55.3 Å². The zero-order chi connectivity index (χ0) is 43.7. The lowest BCUT2D eigenvalue weighted by Gasteiger charge is -2.28. The van der Waals surface area contributed by atoms with Gasteiger partial charge in [0.1, 0.15) is 42.4 Å². The van der Waals surface area contributed by atoms with Gasteiger partial charge in [-0.15, -0.1) is 0 Å². The topological polar surface area (TPSA) is 308 Å². The number of likely N-dealkylation sites (N-methyl/N-ethyl adjacent to an activating group) is 2. The molecule has 13 N–H and O–H groups in total. The Morgan fingerprint density at radius 2 is 1.15 bits per heavy atom. The lowest BCUT2D eigenvalue weighted by Crippen LogP contribution is -2.49. The molecule has 0 spiro atoms. The van der Waals surface area contributed by atoms with Crippen molar-refractivity contribution in [1.82, 2.24) is 30.4 Å². The van der Waals surface area contributed by atoms with E-state index in [1.165, 1.54) is 0 Å². The Bertz CT molecular complexity index is 2080. The van der Waals surface area contributed by atoms with E-state index in [-0.39, 0.29) is 38.0 Å². The number of aromatic amines is 1. The second-order valence-electron chi connectivity index (χ2n) is 15.1. The van der Waals surface area contributed by atoms with Gasteiger partial charge >= 0.3 is 0 Å². The lowest BCUT2D eigenvalue weighted by atomic mass is 10.0. The summed E-state index contributed by atoms with van der Waals surface area (Å²) in [4.78, 5) is 41.9. The SMILES string of the molecule is CN(CCNC(=O)c1ccc2c(c1)CC(c1ccc(-c3nc4ccc(C(=O)NCCN(C)C[C@H](O)[C@@H](O)[C@H](O)[C@H](O)CO)cc4[nH]3)cc1)=N2)C[C@H](O)[C@@H](O)[C@H](O)[C@H](O)CO. The van der Waals surface area contributed by atoms with Crippen LogP contribution in [0.15, 0.2) is 65.7 Å². The molecule has 1 aliphatic heterocycles. The van der Waals surface area contributed by atoms with E-state index in [0.717, 1.165) is 28.1 Å². The smallest absolute Gasteiger partial charge is 0.251 e. The number of rotatable bonds is 22. The minimum atomic E-state index is -1.71. The summed E-state index contributed by atoms with van der Waals surface area (Å²) in [6.45, 7) is -0.529. The minimum Gasteiger partial charge on any atom is -0.394 e. The van der Waals surface area contributed by atoms with Crippen molar-refractivity contribution in [2.75, 3.05) is 66.6 Å². The number of aromatic nitrogens is 2. The van der Waals surface area contributed by atoms with Crippen LogP contribution in [-0.4, -0.2) is 204 Å². The number of aliphatic imine (C=N–C) groups is 1. The number of H-pyrrole nitrogens is 1. The van der Waals surface area contributed by atoms with E-state index in [1.807, 2.05) is 24.3 Å². The molecule has 0 saturated carbocycles.